The number of thiophene rings is 1. The molecule has 0 atom stereocenters. The molecule has 0 aliphatic carbocycles. The molecule has 3 aromatic heterocycles. The number of nitrogens with zero attached hydrogens (tertiary/aromatic N) is 3. The van der Waals surface area contributed by atoms with Crippen LogP contribution in [0.25, 0.3) is 22.0 Å². The van der Waals surface area contributed by atoms with E-state index in [0.29, 0.717) is 6.54 Å². The Kier molecular flexibility index (Phi) is 3.87. The number of hydrogen-bond acceptors (Lipinski definition) is 6. The molecule has 5 nitrogen and oxygen atoms in total. The summed E-state index contributed by atoms with van der Waals surface area (Å²) >= 11 is 3.22. The molecule has 3 heterocycles. The van der Waals surface area contributed by atoms with Crippen LogP contribution in [0.5, 0.6) is 0 Å². The summed E-state index contributed by atoms with van der Waals surface area (Å²) in [5.74, 6) is 1.53. The number of rotatable bonds is 5. The average molecular weight is 339 g/mol. The van der Waals surface area contributed by atoms with Gasteiger partial charge in [0.05, 0.1) is 17.1 Å². The van der Waals surface area contributed by atoms with Crippen molar-refractivity contribution >= 4 is 27.8 Å². The van der Waals surface area contributed by atoms with Crippen molar-refractivity contribution in [3.63, 3.8) is 0 Å². The number of thiazole rings is 1. The average Bonchev–Trinajstić information content (AvgIpc) is 3.33. The highest BCUT2D eigenvalue weighted by Gasteiger charge is 2.08. The van der Waals surface area contributed by atoms with Crippen LogP contribution in [0.1, 0.15) is 5.82 Å². The lowest BCUT2D eigenvalue weighted by molar-refractivity contribution is 0.953. The normalized spacial score (nSPS) is 10.8. The van der Waals surface area contributed by atoms with Crippen molar-refractivity contribution in [2.24, 2.45) is 0 Å². The van der Waals surface area contributed by atoms with Gasteiger partial charge in [0.15, 0.2) is 11.0 Å². The van der Waals surface area contributed by atoms with Gasteiger partial charge in [-0.05, 0) is 11.4 Å². The summed E-state index contributed by atoms with van der Waals surface area (Å²) < 4.78 is 0. The second-order valence-electron chi connectivity index (χ2n) is 4.84. The zero-order valence-corrected chi connectivity index (χ0v) is 13.7. The molecule has 4 aromatic rings. The minimum Gasteiger partial charge on any atom is -0.354 e. The van der Waals surface area contributed by atoms with Crippen molar-refractivity contribution in [2.45, 2.75) is 6.54 Å². The van der Waals surface area contributed by atoms with E-state index in [0.717, 1.165) is 32.9 Å². The Hall–Kier alpha value is -2.51. The van der Waals surface area contributed by atoms with E-state index in [1.807, 2.05) is 35.7 Å². The lowest BCUT2D eigenvalue weighted by atomic mass is 10.2. The van der Waals surface area contributed by atoms with Crippen LogP contribution in [0.2, 0.25) is 0 Å². The fraction of sp³-hybridized carbons (Fsp3) is 0.0625. The third-order valence-electron chi connectivity index (χ3n) is 3.25. The van der Waals surface area contributed by atoms with Gasteiger partial charge in [-0.25, -0.2) is 9.97 Å². The third-order valence-corrected chi connectivity index (χ3v) is 4.92. The molecule has 2 N–H and O–H groups in total. The Morgan fingerprint density at radius 1 is 1.00 bits per heavy atom. The number of anilines is 1. The van der Waals surface area contributed by atoms with Crippen LogP contribution < -0.4 is 5.32 Å². The highest BCUT2D eigenvalue weighted by atomic mass is 32.1. The molecule has 0 saturated carbocycles. The van der Waals surface area contributed by atoms with E-state index in [-0.39, 0.29) is 0 Å². The molecule has 4 rings (SSSR count). The molecule has 0 fully saturated rings. The minimum atomic E-state index is 0.570. The molecule has 114 valence electrons. The summed E-state index contributed by atoms with van der Waals surface area (Å²) in [6.45, 7) is 0.570. The Morgan fingerprint density at radius 3 is 2.74 bits per heavy atom. The third kappa shape index (κ3) is 3.15. The molecule has 0 amide bonds. The Bertz CT molecular complexity index is 880. The molecule has 0 bridgehead atoms. The lowest BCUT2D eigenvalue weighted by Gasteiger charge is -1.98. The molecule has 1 aromatic carbocycles. The summed E-state index contributed by atoms with van der Waals surface area (Å²) in [5.41, 5.74) is 2.10. The Morgan fingerprint density at radius 2 is 1.91 bits per heavy atom. The SMILES string of the molecule is c1ccc(-c2csc(NCc3nc(-c4cccs4)n[nH]3)n2)cc1. The maximum Gasteiger partial charge on any atom is 0.191 e. The second-order valence-corrected chi connectivity index (χ2v) is 6.65. The van der Waals surface area contributed by atoms with Crippen LogP contribution in [0.4, 0.5) is 5.13 Å². The molecule has 0 aliphatic heterocycles. The Labute approximate surface area is 141 Å². The van der Waals surface area contributed by atoms with Crippen LogP contribution in [-0.4, -0.2) is 20.2 Å². The van der Waals surface area contributed by atoms with Crippen molar-refractivity contribution < 1.29 is 0 Å². The van der Waals surface area contributed by atoms with Gasteiger partial charge in [0, 0.05) is 10.9 Å². The van der Waals surface area contributed by atoms with E-state index in [4.69, 9.17) is 0 Å². The number of benzene rings is 1. The van der Waals surface area contributed by atoms with Gasteiger partial charge in [-0.3, -0.25) is 5.10 Å². The van der Waals surface area contributed by atoms with Crippen LogP contribution in [0.15, 0.2) is 53.2 Å². The number of aromatic nitrogens is 4. The first-order chi connectivity index (χ1) is 11.4. The monoisotopic (exact) mass is 339 g/mol. The standard InChI is InChI=1S/C16H13N5S2/c1-2-5-11(6-3-1)12-10-23-16(18-12)17-9-14-19-15(21-20-14)13-7-4-8-22-13/h1-8,10H,9H2,(H,17,18)(H,19,20,21). The van der Waals surface area contributed by atoms with E-state index in [2.05, 4.69) is 43.0 Å². The van der Waals surface area contributed by atoms with Gasteiger partial charge < -0.3 is 5.32 Å². The summed E-state index contributed by atoms with van der Waals surface area (Å²) in [6.07, 6.45) is 0. The summed E-state index contributed by atoms with van der Waals surface area (Å²) in [6, 6.07) is 14.2. The van der Waals surface area contributed by atoms with E-state index in [1.54, 1.807) is 22.7 Å². The molecular formula is C16H13N5S2. The highest BCUT2D eigenvalue weighted by molar-refractivity contribution is 7.14. The molecule has 0 unspecified atom stereocenters. The lowest BCUT2D eigenvalue weighted by Crippen LogP contribution is -2.00. The smallest absolute Gasteiger partial charge is 0.191 e. The maximum atomic E-state index is 4.60. The van der Waals surface area contributed by atoms with Gasteiger partial charge >= 0.3 is 0 Å². The quantitative estimate of drug-likeness (QED) is 0.570. The van der Waals surface area contributed by atoms with Gasteiger partial charge in [0.2, 0.25) is 0 Å². The van der Waals surface area contributed by atoms with Crippen molar-refractivity contribution in [3.8, 4) is 22.0 Å². The van der Waals surface area contributed by atoms with Crippen molar-refractivity contribution in [1.29, 1.82) is 0 Å². The fourth-order valence-corrected chi connectivity index (χ4v) is 3.52. The van der Waals surface area contributed by atoms with Gasteiger partial charge in [-0.1, -0.05) is 36.4 Å². The molecule has 0 saturated heterocycles. The van der Waals surface area contributed by atoms with Crippen molar-refractivity contribution in [3.05, 3.63) is 59.0 Å². The highest BCUT2D eigenvalue weighted by Crippen LogP contribution is 2.25. The second kappa shape index (κ2) is 6.31. The topological polar surface area (TPSA) is 66.5 Å². The molecule has 23 heavy (non-hydrogen) atoms. The molecular weight excluding hydrogens is 326 g/mol. The van der Waals surface area contributed by atoms with Gasteiger partial charge in [-0.2, -0.15) is 5.10 Å². The van der Waals surface area contributed by atoms with Gasteiger partial charge in [0.1, 0.15) is 5.82 Å². The van der Waals surface area contributed by atoms with E-state index in [1.165, 1.54) is 0 Å². The van der Waals surface area contributed by atoms with E-state index < -0.39 is 0 Å². The van der Waals surface area contributed by atoms with E-state index >= 15 is 0 Å². The first kappa shape index (κ1) is 14.1. The number of aromatic amines is 1. The fourth-order valence-electron chi connectivity index (χ4n) is 2.15. The zero-order valence-electron chi connectivity index (χ0n) is 12.1. The summed E-state index contributed by atoms with van der Waals surface area (Å²) in [5, 5.41) is 15.4. The minimum absolute atomic E-state index is 0.570. The molecule has 0 spiro atoms. The van der Waals surface area contributed by atoms with Crippen LogP contribution in [0, 0.1) is 0 Å². The van der Waals surface area contributed by atoms with Crippen LogP contribution in [-0.2, 0) is 6.54 Å². The number of H-pyrrole nitrogens is 1. The van der Waals surface area contributed by atoms with Crippen LogP contribution in [0.3, 0.4) is 0 Å². The number of hydrogen-bond donors (Lipinski definition) is 2. The molecule has 0 aliphatic rings. The maximum absolute atomic E-state index is 4.60. The first-order valence-electron chi connectivity index (χ1n) is 7.08. The Balaban J connectivity index is 1.43. The molecule has 7 heteroatoms. The summed E-state index contributed by atoms with van der Waals surface area (Å²) in [7, 11) is 0. The largest absolute Gasteiger partial charge is 0.354 e. The predicted molar refractivity (Wildman–Crippen MR) is 94.6 cm³/mol. The number of nitrogens with one attached hydrogen (secondary N) is 2. The van der Waals surface area contributed by atoms with Gasteiger partial charge in [-0.15, -0.1) is 22.7 Å². The van der Waals surface area contributed by atoms with Gasteiger partial charge in [0.25, 0.3) is 0 Å². The predicted octanol–water partition coefficient (Wildman–Crippen LogP) is 4.27. The van der Waals surface area contributed by atoms with E-state index in [9.17, 15) is 0 Å². The van der Waals surface area contributed by atoms with Crippen LogP contribution >= 0.6 is 22.7 Å². The first-order valence-corrected chi connectivity index (χ1v) is 8.84. The van der Waals surface area contributed by atoms with Crippen molar-refractivity contribution in [1.82, 2.24) is 20.2 Å². The molecule has 0 radical (unpaired) electrons. The summed E-state index contributed by atoms with van der Waals surface area (Å²) in [4.78, 5) is 10.2. The van der Waals surface area contributed by atoms with Crippen molar-refractivity contribution in [2.75, 3.05) is 5.32 Å². The zero-order chi connectivity index (χ0) is 15.5.